The van der Waals surface area contributed by atoms with Crippen molar-refractivity contribution in [3.05, 3.63) is 35.0 Å². The Morgan fingerprint density at radius 1 is 1.14 bits per heavy atom. The highest BCUT2D eigenvalue weighted by Crippen LogP contribution is 2.34. The average Bonchev–Trinajstić information content (AvgIpc) is 3.13. The fourth-order valence-corrected chi connectivity index (χ4v) is 3.47. The Hall–Kier alpha value is -2.87. The SMILES string of the molecule is CCc1cc(-c2nnc(-c3cc(C)nc(NC(=O)C(C)C)n3)s2)cc(C)c1O. The third-order valence-electron chi connectivity index (χ3n) is 4.26. The minimum atomic E-state index is -0.161. The van der Waals surface area contributed by atoms with E-state index in [-0.39, 0.29) is 17.8 Å². The van der Waals surface area contributed by atoms with Crippen molar-refractivity contribution in [3.8, 4) is 27.0 Å². The third-order valence-corrected chi connectivity index (χ3v) is 5.26. The molecule has 8 heteroatoms. The average molecular weight is 398 g/mol. The van der Waals surface area contributed by atoms with Crippen LogP contribution in [0.5, 0.6) is 5.75 Å². The van der Waals surface area contributed by atoms with Crippen LogP contribution in [-0.4, -0.2) is 31.2 Å². The van der Waals surface area contributed by atoms with Crippen molar-refractivity contribution in [2.45, 2.75) is 41.0 Å². The Morgan fingerprint density at radius 2 is 1.86 bits per heavy atom. The number of aromatic hydroxyl groups is 1. The van der Waals surface area contributed by atoms with E-state index in [2.05, 4.69) is 25.5 Å². The Labute approximate surface area is 167 Å². The molecule has 3 rings (SSSR count). The molecule has 0 bridgehead atoms. The molecule has 0 unspecified atom stereocenters. The number of aryl methyl sites for hydroxylation is 3. The molecule has 0 spiro atoms. The number of amides is 1. The number of rotatable bonds is 5. The second-order valence-electron chi connectivity index (χ2n) is 6.93. The summed E-state index contributed by atoms with van der Waals surface area (Å²) in [6, 6.07) is 5.65. The lowest BCUT2D eigenvalue weighted by atomic mass is 10.0. The normalized spacial score (nSPS) is 11.1. The molecule has 0 fully saturated rings. The number of aromatic nitrogens is 4. The van der Waals surface area contributed by atoms with Gasteiger partial charge in [-0.1, -0.05) is 32.1 Å². The second-order valence-corrected chi connectivity index (χ2v) is 7.91. The van der Waals surface area contributed by atoms with E-state index in [0.29, 0.717) is 16.5 Å². The van der Waals surface area contributed by atoms with Crippen LogP contribution < -0.4 is 5.32 Å². The summed E-state index contributed by atoms with van der Waals surface area (Å²) in [5, 5.41) is 22.8. The van der Waals surface area contributed by atoms with Crippen molar-refractivity contribution in [2.24, 2.45) is 5.92 Å². The number of anilines is 1. The van der Waals surface area contributed by atoms with Crippen LogP contribution in [0.3, 0.4) is 0 Å². The first-order valence-electron chi connectivity index (χ1n) is 9.11. The lowest BCUT2D eigenvalue weighted by Gasteiger charge is -2.08. The van der Waals surface area contributed by atoms with Crippen molar-refractivity contribution in [1.82, 2.24) is 20.2 Å². The van der Waals surface area contributed by atoms with Crippen molar-refractivity contribution in [2.75, 3.05) is 5.32 Å². The number of phenolic OH excluding ortho intramolecular Hbond substituents is 1. The summed E-state index contributed by atoms with van der Waals surface area (Å²) in [6.45, 7) is 9.34. The number of hydrogen-bond donors (Lipinski definition) is 2. The molecule has 0 aliphatic heterocycles. The van der Waals surface area contributed by atoms with Gasteiger partial charge in [0.15, 0.2) is 5.01 Å². The lowest BCUT2D eigenvalue weighted by molar-refractivity contribution is -0.118. The summed E-state index contributed by atoms with van der Waals surface area (Å²) in [4.78, 5) is 20.6. The first-order chi connectivity index (χ1) is 13.3. The van der Waals surface area contributed by atoms with E-state index in [0.717, 1.165) is 33.8 Å². The van der Waals surface area contributed by atoms with E-state index in [1.807, 2.05) is 52.8 Å². The molecule has 2 N–H and O–H groups in total. The smallest absolute Gasteiger partial charge is 0.230 e. The Morgan fingerprint density at radius 3 is 2.54 bits per heavy atom. The van der Waals surface area contributed by atoms with Gasteiger partial charge in [-0.25, -0.2) is 9.97 Å². The minimum absolute atomic E-state index is 0.138. The van der Waals surface area contributed by atoms with Gasteiger partial charge in [0, 0.05) is 17.2 Å². The number of nitrogens with zero attached hydrogens (tertiary/aromatic N) is 4. The minimum Gasteiger partial charge on any atom is -0.507 e. The molecule has 0 saturated heterocycles. The largest absolute Gasteiger partial charge is 0.507 e. The van der Waals surface area contributed by atoms with Crippen LogP contribution in [0, 0.1) is 19.8 Å². The Bertz CT molecular complexity index is 1030. The van der Waals surface area contributed by atoms with Crippen molar-refractivity contribution < 1.29 is 9.90 Å². The molecule has 146 valence electrons. The summed E-state index contributed by atoms with van der Waals surface area (Å²) < 4.78 is 0. The molecule has 0 aliphatic rings. The number of carbonyl (C=O) groups is 1. The molecule has 0 aliphatic carbocycles. The maximum absolute atomic E-state index is 11.9. The number of phenols is 1. The summed E-state index contributed by atoms with van der Waals surface area (Å²) >= 11 is 1.41. The molecule has 7 nitrogen and oxygen atoms in total. The Kier molecular flexibility index (Phi) is 5.69. The molecule has 2 heterocycles. The van der Waals surface area contributed by atoms with Crippen molar-refractivity contribution in [3.63, 3.8) is 0 Å². The van der Waals surface area contributed by atoms with E-state index >= 15 is 0 Å². The highest BCUT2D eigenvalue weighted by molar-refractivity contribution is 7.17. The highest BCUT2D eigenvalue weighted by atomic mass is 32.1. The predicted octanol–water partition coefficient (Wildman–Crippen LogP) is 4.14. The van der Waals surface area contributed by atoms with Crippen LogP contribution >= 0.6 is 11.3 Å². The zero-order valence-electron chi connectivity index (χ0n) is 16.6. The zero-order valence-corrected chi connectivity index (χ0v) is 17.4. The molecule has 1 aromatic carbocycles. The topological polar surface area (TPSA) is 101 Å². The number of benzene rings is 1. The molecule has 0 atom stereocenters. The highest BCUT2D eigenvalue weighted by Gasteiger charge is 2.16. The third kappa shape index (κ3) is 4.17. The Balaban J connectivity index is 1.95. The van der Waals surface area contributed by atoms with Crippen LogP contribution in [0.15, 0.2) is 18.2 Å². The zero-order chi connectivity index (χ0) is 20.4. The molecule has 28 heavy (non-hydrogen) atoms. The molecule has 0 radical (unpaired) electrons. The summed E-state index contributed by atoms with van der Waals surface area (Å²) in [7, 11) is 0. The summed E-state index contributed by atoms with van der Waals surface area (Å²) in [5.41, 5.74) is 3.94. The van der Waals surface area contributed by atoms with E-state index in [1.165, 1.54) is 11.3 Å². The van der Waals surface area contributed by atoms with Gasteiger partial charge < -0.3 is 5.11 Å². The van der Waals surface area contributed by atoms with Crippen LogP contribution in [0.25, 0.3) is 21.3 Å². The molecular weight excluding hydrogens is 374 g/mol. The van der Waals surface area contributed by atoms with Gasteiger partial charge >= 0.3 is 0 Å². The molecule has 1 amide bonds. The summed E-state index contributed by atoms with van der Waals surface area (Å²) in [5.74, 6) is 0.291. The van der Waals surface area contributed by atoms with Crippen LogP contribution in [0.2, 0.25) is 0 Å². The molecular formula is C20H23N5O2S. The second kappa shape index (κ2) is 8.02. The van der Waals surface area contributed by atoms with E-state index in [1.54, 1.807) is 0 Å². The van der Waals surface area contributed by atoms with Gasteiger partial charge in [0.05, 0.1) is 0 Å². The van der Waals surface area contributed by atoms with E-state index in [4.69, 9.17) is 0 Å². The molecule has 0 saturated carbocycles. The van der Waals surface area contributed by atoms with E-state index in [9.17, 15) is 9.90 Å². The number of nitrogens with one attached hydrogen (secondary N) is 1. The van der Waals surface area contributed by atoms with Gasteiger partial charge in [-0.2, -0.15) is 0 Å². The van der Waals surface area contributed by atoms with Crippen LogP contribution in [0.1, 0.15) is 37.6 Å². The first kappa shape index (κ1) is 19.9. The van der Waals surface area contributed by atoms with Gasteiger partial charge in [-0.05, 0) is 49.6 Å². The fourth-order valence-electron chi connectivity index (χ4n) is 2.68. The molecule has 3 aromatic rings. The number of hydrogen-bond acceptors (Lipinski definition) is 7. The van der Waals surface area contributed by atoms with Crippen molar-refractivity contribution in [1.29, 1.82) is 0 Å². The lowest BCUT2D eigenvalue weighted by Crippen LogP contribution is -2.19. The van der Waals surface area contributed by atoms with Gasteiger partial charge in [0.1, 0.15) is 16.5 Å². The molecule has 2 aromatic heterocycles. The van der Waals surface area contributed by atoms with E-state index < -0.39 is 0 Å². The van der Waals surface area contributed by atoms with Gasteiger partial charge in [0.25, 0.3) is 0 Å². The van der Waals surface area contributed by atoms with Gasteiger partial charge in [0.2, 0.25) is 11.9 Å². The predicted molar refractivity (Wildman–Crippen MR) is 110 cm³/mol. The fraction of sp³-hybridized carbons (Fsp3) is 0.350. The number of carbonyl (C=O) groups excluding carboxylic acids is 1. The van der Waals surface area contributed by atoms with Crippen LogP contribution in [-0.2, 0) is 11.2 Å². The standard InChI is InChI=1S/C20H23N5O2S/c1-6-13-9-14(7-11(4)16(13)26)18-24-25-19(28-18)15-8-12(5)21-20(22-15)23-17(27)10(2)3/h7-10,26H,6H2,1-5H3,(H,21,22,23,27). The van der Waals surface area contributed by atoms with Crippen molar-refractivity contribution >= 4 is 23.2 Å². The maximum Gasteiger partial charge on any atom is 0.230 e. The monoisotopic (exact) mass is 397 g/mol. The van der Waals surface area contributed by atoms with Crippen LogP contribution in [0.4, 0.5) is 5.95 Å². The quantitative estimate of drug-likeness (QED) is 0.671. The van der Waals surface area contributed by atoms with Gasteiger partial charge in [-0.3, -0.25) is 10.1 Å². The van der Waals surface area contributed by atoms with Gasteiger partial charge in [-0.15, -0.1) is 10.2 Å². The first-order valence-corrected chi connectivity index (χ1v) is 9.93. The summed E-state index contributed by atoms with van der Waals surface area (Å²) in [6.07, 6.45) is 0.732. The maximum atomic E-state index is 11.9.